The second kappa shape index (κ2) is 8.67. The fourth-order valence-corrected chi connectivity index (χ4v) is 2.41. The van der Waals surface area contributed by atoms with Crippen LogP contribution in [0.25, 0.3) is 0 Å². The van der Waals surface area contributed by atoms with Gasteiger partial charge in [-0.3, -0.25) is 9.59 Å². The van der Waals surface area contributed by atoms with Gasteiger partial charge in [0.05, 0.1) is 6.54 Å². The summed E-state index contributed by atoms with van der Waals surface area (Å²) in [6, 6.07) is 19.3. The SMILES string of the molecule is C=CCN(CC(=O)N(Cc1ccccc1)c1ccccc1)C(C)=O. The van der Waals surface area contributed by atoms with Crippen LogP contribution >= 0.6 is 0 Å². The minimum atomic E-state index is -0.143. The summed E-state index contributed by atoms with van der Waals surface area (Å²) in [5, 5.41) is 0. The van der Waals surface area contributed by atoms with Crippen LogP contribution in [0.1, 0.15) is 12.5 Å². The van der Waals surface area contributed by atoms with Crippen LogP contribution in [-0.2, 0) is 16.1 Å². The number of rotatable bonds is 7. The first-order valence-electron chi connectivity index (χ1n) is 7.87. The maximum absolute atomic E-state index is 12.8. The zero-order valence-corrected chi connectivity index (χ0v) is 13.9. The first-order chi connectivity index (χ1) is 11.6. The van der Waals surface area contributed by atoms with Crippen molar-refractivity contribution in [1.82, 2.24) is 4.90 Å². The van der Waals surface area contributed by atoms with E-state index in [1.165, 1.54) is 11.8 Å². The Bertz CT molecular complexity index is 683. The van der Waals surface area contributed by atoms with E-state index in [4.69, 9.17) is 0 Å². The van der Waals surface area contributed by atoms with E-state index >= 15 is 0 Å². The van der Waals surface area contributed by atoms with Gasteiger partial charge in [-0.2, -0.15) is 0 Å². The third kappa shape index (κ3) is 4.81. The Morgan fingerprint density at radius 2 is 1.58 bits per heavy atom. The Morgan fingerprint density at radius 1 is 1.00 bits per heavy atom. The summed E-state index contributed by atoms with van der Waals surface area (Å²) >= 11 is 0. The molecule has 2 amide bonds. The molecule has 4 heteroatoms. The van der Waals surface area contributed by atoms with Gasteiger partial charge in [0, 0.05) is 19.2 Å². The maximum atomic E-state index is 12.8. The van der Waals surface area contributed by atoms with Gasteiger partial charge in [0.2, 0.25) is 11.8 Å². The smallest absolute Gasteiger partial charge is 0.246 e. The third-order valence-electron chi connectivity index (χ3n) is 3.67. The number of carbonyl (C=O) groups is 2. The molecule has 0 N–H and O–H groups in total. The molecular weight excluding hydrogens is 300 g/mol. The number of amides is 2. The summed E-state index contributed by atoms with van der Waals surface area (Å²) < 4.78 is 0. The average Bonchev–Trinajstić information content (AvgIpc) is 2.60. The van der Waals surface area contributed by atoms with Gasteiger partial charge in [-0.25, -0.2) is 0 Å². The Morgan fingerprint density at radius 3 is 2.12 bits per heavy atom. The van der Waals surface area contributed by atoms with E-state index in [1.807, 2.05) is 60.7 Å². The zero-order chi connectivity index (χ0) is 17.4. The summed E-state index contributed by atoms with van der Waals surface area (Å²) in [6.45, 7) is 5.95. The van der Waals surface area contributed by atoms with Crippen LogP contribution in [0.15, 0.2) is 73.3 Å². The van der Waals surface area contributed by atoms with Crippen molar-refractivity contribution < 1.29 is 9.59 Å². The fourth-order valence-electron chi connectivity index (χ4n) is 2.41. The van der Waals surface area contributed by atoms with Crippen molar-refractivity contribution in [2.45, 2.75) is 13.5 Å². The highest BCUT2D eigenvalue weighted by Crippen LogP contribution is 2.17. The van der Waals surface area contributed by atoms with Gasteiger partial charge in [0.1, 0.15) is 6.54 Å². The number of hydrogen-bond acceptors (Lipinski definition) is 2. The van der Waals surface area contributed by atoms with E-state index in [-0.39, 0.29) is 18.4 Å². The lowest BCUT2D eigenvalue weighted by molar-refractivity contribution is -0.133. The fraction of sp³-hybridized carbons (Fsp3) is 0.200. The van der Waals surface area contributed by atoms with Crippen LogP contribution in [0.5, 0.6) is 0 Å². The van der Waals surface area contributed by atoms with Gasteiger partial charge in [-0.15, -0.1) is 6.58 Å². The molecule has 0 aliphatic heterocycles. The first-order valence-corrected chi connectivity index (χ1v) is 7.87. The minimum Gasteiger partial charge on any atom is -0.330 e. The van der Waals surface area contributed by atoms with Gasteiger partial charge in [-0.1, -0.05) is 54.6 Å². The molecule has 0 unspecified atom stereocenters. The Balaban J connectivity index is 2.23. The van der Waals surface area contributed by atoms with Crippen LogP contribution < -0.4 is 4.90 Å². The topological polar surface area (TPSA) is 40.6 Å². The molecule has 0 saturated carbocycles. The van der Waals surface area contributed by atoms with E-state index in [0.717, 1.165) is 11.3 Å². The lowest BCUT2D eigenvalue weighted by atomic mass is 10.2. The third-order valence-corrected chi connectivity index (χ3v) is 3.67. The van der Waals surface area contributed by atoms with Crippen molar-refractivity contribution in [2.75, 3.05) is 18.0 Å². The molecule has 24 heavy (non-hydrogen) atoms. The number of carbonyl (C=O) groups excluding carboxylic acids is 2. The molecule has 2 aromatic rings. The molecule has 0 aliphatic rings. The predicted molar refractivity (Wildman–Crippen MR) is 96.5 cm³/mol. The molecule has 0 fully saturated rings. The number of anilines is 1. The monoisotopic (exact) mass is 322 g/mol. The summed E-state index contributed by atoms with van der Waals surface area (Å²) in [5.74, 6) is -0.266. The summed E-state index contributed by atoms with van der Waals surface area (Å²) in [6.07, 6.45) is 1.62. The average molecular weight is 322 g/mol. The zero-order valence-electron chi connectivity index (χ0n) is 13.9. The van der Waals surface area contributed by atoms with Crippen molar-refractivity contribution in [3.8, 4) is 0 Å². The molecule has 0 spiro atoms. The molecule has 0 aliphatic carbocycles. The summed E-state index contributed by atoms with van der Waals surface area (Å²) in [5.41, 5.74) is 1.85. The number of nitrogens with zero attached hydrogens (tertiary/aromatic N) is 2. The van der Waals surface area contributed by atoms with Crippen molar-refractivity contribution in [3.05, 3.63) is 78.9 Å². The molecule has 0 aromatic heterocycles. The van der Waals surface area contributed by atoms with E-state index in [1.54, 1.807) is 11.0 Å². The van der Waals surface area contributed by atoms with Crippen LogP contribution in [0.3, 0.4) is 0 Å². The molecule has 2 aromatic carbocycles. The Kier molecular flexibility index (Phi) is 6.32. The molecule has 0 atom stereocenters. The van der Waals surface area contributed by atoms with Crippen LogP contribution in [0.2, 0.25) is 0 Å². The van der Waals surface area contributed by atoms with E-state index < -0.39 is 0 Å². The highest BCUT2D eigenvalue weighted by molar-refractivity contribution is 5.96. The summed E-state index contributed by atoms with van der Waals surface area (Å²) in [4.78, 5) is 27.7. The molecular formula is C20H22N2O2. The highest BCUT2D eigenvalue weighted by atomic mass is 16.2. The molecule has 0 heterocycles. The lowest BCUT2D eigenvalue weighted by Crippen LogP contribution is -2.42. The Hall–Kier alpha value is -2.88. The number of para-hydroxylation sites is 1. The first kappa shape index (κ1) is 17.5. The second-order valence-corrected chi connectivity index (χ2v) is 5.49. The largest absolute Gasteiger partial charge is 0.330 e. The molecule has 0 saturated heterocycles. The van der Waals surface area contributed by atoms with E-state index in [0.29, 0.717) is 13.1 Å². The number of benzene rings is 2. The van der Waals surface area contributed by atoms with Crippen LogP contribution in [0.4, 0.5) is 5.69 Å². The molecule has 0 radical (unpaired) electrons. The van der Waals surface area contributed by atoms with Gasteiger partial charge >= 0.3 is 0 Å². The Labute approximate surface area is 143 Å². The quantitative estimate of drug-likeness (QED) is 0.734. The second-order valence-electron chi connectivity index (χ2n) is 5.49. The molecule has 0 bridgehead atoms. The molecule has 2 rings (SSSR count). The normalized spacial score (nSPS) is 10.0. The number of hydrogen-bond donors (Lipinski definition) is 0. The van der Waals surface area contributed by atoms with Gasteiger partial charge in [0.25, 0.3) is 0 Å². The predicted octanol–water partition coefficient (Wildman–Crippen LogP) is 3.25. The van der Waals surface area contributed by atoms with Crippen molar-refractivity contribution in [1.29, 1.82) is 0 Å². The van der Waals surface area contributed by atoms with Crippen LogP contribution in [-0.4, -0.2) is 29.8 Å². The van der Waals surface area contributed by atoms with Gasteiger partial charge < -0.3 is 9.80 Å². The van der Waals surface area contributed by atoms with Crippen molar-refractivity contribution in [3.63, 3.8) is 0 Å². The lowest BCUT2D eigenvalue weighted by Gasteiger charge is -2.26. The summed E-state index contributed by atoms with van der Waals surface area (Å²) in [7, 11) is 0. The highest BCUT2D eigenvalue weighted by Gasteiger charge is 2.20. The maximum Gasteiger partial charge on any atom is 0.246 e. The van der Waals surface area contributed by atoms with Crippen LogP contribution in [0, 0.1) is 0 Å². The van der Waals surface area contributed by atoms with Crippen molar-refractivity contribution >= 4 is 17.5 Å². The molecule has 4 nitrogen and oxygen atoms in total. The van der Waals surface area contributed by atoms with Crippen molar-refractivity contribution in [2.24, 2.45) is 0 Å². The minimum absolute atomic E-state index is 0.0308. The molecule has 124 valence electrons. The van der Waals surface area contributed by atoms with Gasteiger partial charge in [0.15, 0.2) is 0 Å². The van der Waals surface area contributed by atoms with Gasteiger partial charge in [-0.05, 0) is 17.7 Å². The van der Waals surface area contributed by atoms with E-state index in [2.05, 4.69) is 6.58 Å². The standard InChI is InChI=1S/C20H22N2O2/c1-3-14-21(17(2)23)16-20(24)22(19-12-8-5-9-13-19)15-18-10-6-4-7-11-18/h3-13H,1,14-16H2,2H3. The van der Waals surface area contributed by atoms with E-state index in [9.17, 15) is 9.59 Å².